The van der Waals surface area contributed by atoms with Crippen LogP contribution in [0.3, 0.4) is 0 Å². The van der Waals surface area contributed by atoms with Crippen molar-refractivity contribution in [3.05, 3.63) is 78.1 Å². The van der Waals surface area contributed by atoms with Crippen LogP contribution in [0.15, 0.2) is 66.9 Å². The summed E-state index contributed by atoms with van der Waals surface area (Å²) in [6, 6.07) is 15.2. The van der Waals surface area contributed by atoms with Crippen molar-refractivity contribution in [1.82, 2.24) is 40.7 Å². The number of carbonyl (C=O) groups is 5. The fourth-order valence-corrected chi connectivity index (χ4v) is 5.81. The molecule has 2 aliphatic rings. The van der Waals surface area contributed by atoms with E-state index in [1.807, 2.05) is 62.4 Å². The minimum atomic E-state index is -1.04. The summed E-state index contributed by atoms with van der Waals surface area (Å²) in [5.74, 6) is -3.12. The molecule has 0 aliphatic carbocycles. The summed E-state index contributed by atoms with van der Waals surface area (Å²) in [4.78, 5) is 70.8. The highest BCUT2D eigenvalue weighted by atomic mass is 16.3. The van der Waals surface area contributed by atoms with Gasteiger partial charge in [0.15, 0.2) is 5.69 Å². The van der Waals surface area contributed by atoms with E-state index < -0.39 is 60.3 Å². The number of fused-ring (bicyclic) bond motifs is 1. The third-order valence-corrected chi connectivity index (χ3v) is 8.61. The van der Waals surface area contributed by atoms with Crippen molar-refractivity contribution in [1.29, 1.82) is 0 Å². The quantitative estimate of drug-likeness (QED) is 0.291. The van der Waals surface area contributed by atoms with Crippen LogP contribution in [-0.4, -0.2) is 110 Å². The zero-order valence-corrected chi connectivity index (χ0v) is 26.4. The topological polar surface area (TPSA) is 179 Å². The molecule has 0 unspecified atom stereocenters. The first-order valence-corrected chi connectivity index (χ1v) is 15.8. The minimum absolute atomic E-state index is 0.00956. The molecule has 1 aromatic heterocycles. The first-order valence-electron chi connectivity index (χ1n) is 15.8. The number of para-hydroxylation sites is 1. The number of rotatable bonds is 6. The van der Waals surface area contributed by atoms with Gasteiger partial charge in [-0.3, -0.25) is 24.0 Å². The number of benzene rings is 2. The Labute approximate surface area is 272 Å². The van der Waals surface area contributed by atoms with E-state index in [1.165, 1.54) is 20.7 Å². The normalized spacial score (nSPS) is 23.6. The van der Waals surface area contributed by atoms with Crippen LogP contribution in [-0.2, 0) is 25.6 Å². The Morgan fingerprint density at radius 1 is 1.00 bits per heavy atom. The van der Waals surface area contributed by atoms with Gasteiger partial charge in [-0.05, 0) is 23.6 Å². The van der Waals surface area contributed by atoms with Gasteiger partial charge in [0.1, 0.15) is 18.1 Å². The van der Waals surface area contributed by atoms with Crippen LogP contribution in [0.5, 0.6) is 0 Å². The standard InChI is InChI=1S/C33H40N8O6/c1-3-21(2)29-33(47)40-18-24(42)17-27(40)31(45)35-25(16-22-10-6-4-7-11-22)30(44)34-14-15-39(20-28(43)36-29)32(46)26-19-41(38-37-26)23-12-8-5-9-13-23/h4-13,19,21,24-25,27,29,42H,3,14-18,20H2,1-2H3,(H,34,44)(H,35,45)(H,36,43)/t21-,24+,25-,27-,29-/m0/s1. The van der Waals surface area contributed by atoms with Gasteiger partial charge in [-0.2, -0.15) is 0 Å². The Morgan fingerprint density at radius 3 is 2.40 bits per heavy atom. The third kappa shape index (κ3) is 8.01. The smallest absolute Gasteiger partial charge is 0.276 e. The van der Waals surface area contributed by atoms with Crippen LogP contribution >= 0.6 is 0 Å². The van der Waals surface area contributed by atoms with E-state index in [4.69, 9.17) is 0 Å². The number of carbonyl (C=O) groups excluding carboxylic acids is 5. The number of aliphatic hydroxyl groups is 1. The van der Waals surface area contributed by atoms with Gasteiger partial charge in [0.2, 0.25) is 23.6 Å². The minimum Gasteiger partial charge on any atom is -0.391 e. The molecule has 0 radical (unpaired) electrons. The molecule has 14 heteroatoms. The lowest BCUT2D eigenvalue weighted by Crippen LogP contribution is -2.58. The van der Waals surface area contributed by atoms with Crippen LogP contribution in [0.4, 0.5) is 0 Å². The Balaban J connectivity index is 1.45. The van der Waals surface area contributed by atoms with Gasteiger partial charge in [0, 0.05) is 32.5 Å². The van der Waals surface area contributed by atoms with Crippen molar-refractivity contribution in [2.24, 2.45) is 5.92 Å². The maximum atomic E-state index is 14.0. The molecule has 3 aromatic rings. The molecule has 3 heterocycles. The maximum absolute atomic E-state index is 14.0. The summed E-state index contributed by atoms with van der Waals surface area (Å²) in [7, 11) is 0. The van der Waals surface area contributed by atoms with E-state index in [1.54, 1.807) is 12.1 Å². The Kier molecular flexibility index (Phi) is 10.6. The summed E-state index contributed by atoms with van der Waals surface area (Å²) in [5, 5.41) is 27.0. The van der Waals surface area contributed by atoms with Crippen LogP contribution in [0.2, 0.25) is 0 Å². The molecule has 47 heavy (non-hydrogen) atoms. The van der Waals surface area contributed by atoms with Gasteiger partial charge in [-0.25, -0.2) is 4.68 Å². The molecular formula is C33H40N8O6. The second-order valence-electron chi connectivity index (χ2n) is 12.0. The summed E-state index contributed by atoms with van der Waals surface area (Å²) in [6.45, 7) is 3.06. The molecule has 5 atom stereocenters. The van der Waals surface area contributed by atoms with Crippen LogP contribution in [0.1, 0.15) is 42.7 Å². The van der Waals surface area contributed by atoms with Crippen LogP contribution in [0.25, 0.3) is 5.69 Å². The van der Waals surface area contributed by atoms with Gasteiger partial charge < -0.3 is 30.9 Å². The summed E-state index contributed by atoms with van der Waals surface area (Å²) in [6.07, 6.45) is 1.19. The molecule has 2 fully saturated rings. The van der Waals surface area contributed by atoms with Gasteiger partial charge >= 0.3 is 0 Å². The van der Waals surface area contributed by atoms with E-state index >= 15 is 0 Å². The molecule has 4 N–H and O–H groups in total. The number of aromatic nitrogens is 3. The average molecular weight is 645 g/mol. The second-order valence-corrected chi connectivity index (χ2v) is 12.0. The van der Waals surface area contributed by atoms with Gasteiger partial charge in [0.05, 0.1) is 24.5 Å². The van der Waals surface area contributed by atoms with E-state index in [0.717, 1.165) is 5.56 Å². The zero-order chi connectivity index (χ0) is 33.5. The molecule has 14 nitrogen and oxygen atoms in total. The monoisotopic (exact) mass is 644 g/mol. The molecule has 0 bridgehead atoms. The largest absolute Gasteiger partial charge is 0.391 e. The first-order chi connectivity index (χ1) is 22.6. The third-order valence-electron chi connectivity index (χ3n) is 8.61. The van der Waals surface area contributed by atoms with Crippen molar-refractivity contribution in [2.75, 3.05) is 26.2 Å². The average Bonchev–Trinajstić information content (AvgIpc) is 3.73. The maximum Gasteiger partial charge on any atom is 0.276 e. The Morgan fingerprint density at radius 2 is 1.70 bits per heavy atom. The number of nitrogens with one attached hydrogen (secondary N) is 3. The SMILES string of the molecule is CC[C@H](C)[C@@H]1NC(=O)CN(C(=O)c2cn(-c3ccccc3)nn2)CCNC(=O)[C@H](Cc2ccccc2)NC(=O)[C@@H]2C[C@@H](O)CN2C1=O. The lowest BCUT2D eigenvalue weighted by Gasteiger charge is -2.32. The molecule has 2 saturated heterocycles. The fourth-order valence-electron chi connectivity index (χ4n) is 5.81. The lowest BCUT2D eigenvalue weighted by molar-refractivity contribution is -0.143. The summed E-state index contributed by atoms with van der Waals surface area (Å²) in [5.41, 5.74) is 1.48. The molecule has 0 spiro atoms. The Bertz CT molecular complexity index is 1580. The van der Waals surface area contributed by atoms with E-state index in [0.29, 0.717) is 12.1 Å². The van der Waals surface area contributed by atoms with Gasteiger partial charge in [0.25, 0.3) is 5.91 Å². The highest BCUT2D eigenvalue weighted by molar-refractivity contribution is 5.97. The van der Waals surface area contributed by atoms with E-state index in [2.05, 4.69) is 26.3 Å². The first kappa shape index (κ1) is 33.3. The predicted octanol–water partition coefficient (Wildman–Crippen LogP) is 0.0595. The lowest BCUT2D eigenvalue weighted by atomic mass is 9.97. The molecule has 2 aromatic carbocycles. The number of amides is 5. The predicted molar refractivity (Wildman–Crippen MR) is 170 cm³/mol. The van der Waals surface area contributed by atoms with E-state index in [-0.39, 0.29) is 44.1 Å². The van der Waals surface area contributed by atoms with E-state index in [9.17, 15) is 29.1 Å². The Hall–Kier alpha value is -5.11. The van der Waals surface area contributed by atoms with Crippen molar-refractivity contribution in [2.45, 2.75) is 57.3 Å². The zero-order valence-electron chi connectivity index (χ0n) is 26.4. The molecule has 5 rings (SSSR count). The molecule has 248 valence electrons. The molecule has 0 saturated carbocycles. The van der Waals surface area contributed by atoms with Crippen molar-refractivity contribution >= 4 is 29.5 Å². The van der Waals surface area contributed by atoms with Gasteiger partial charge in [-0.1, -0.05) is 74.0 Å². The number of aliphatic hydroxyl groups excluding tert-OH is 1. The van der Waals surface area contributed by atoms with Crippen molar-refractivity contribution in [3.8, 4) is 5.69 Å². The van der Waals surface area contributed by atoms with Crippen molar-refractivity contribution < 1.29 is 29.1 Å². The van der Waals surface area contributed by atoms with Crippen molar-refractivity contribution in [3.63, 3.8) is 0 Å². The highest BCUT2D eigenvalue weighted by Crippen LogP contribution is 2.23. The summed E-state index contributed by atoms with van der Waals surface area (Å²) < 4.78 is 1.44. The van der Waals surface area contributed by atoms with Gasteiger partial charge in [-0.15, -0.1) is 5.10 Å². The summed E-state index contributed by atoms with van der Waals surface area (Å²) >= 11 is 0. The fraction of sp³-hybridized carbons (Fsp3) is 0.424. The van der Waals surface area contributed by atoms with Crippen LogP contribution in [0, 0.1) is 5.92 Å². The number of hydrogen-bond acceptors (Lipinski definition) is 8. The van der Waals surface area contributed by atoms with Crippen LogP contribution < -0.4 is 16.0 Å². The molecule has 2 aliphatic heterocycles. The molecule has 5 amide bonds. The number of hydrogen-bond donors (Lipinski definition) is 4. The molecular weight excluding hydrogens is 604 g/mol. The number of nitrogens with zero attached hydrogens (tertiary/aromatic N) is 5. The highest BCUT2D eigenvalue weighted by Gasteiger charge is 2.43. The second kappa shape index (κ2) is 15.0.